The number of hydrogen-bond acceptors (Lipinski definition) is 5. The van der Waals surface area contributed by atoms with Crippen LogP contribution in [-0.2, 0) is 10.0 Å². The van der Waals surface area contributed by atoms with Crippen LogP contribution in [0.25, 0.3) is 0 Å². The van der Waals surface area contributed by atoms with Gasteiger partial charge in [-0.25, -0.2) is 12.8 Å². The van der Waals surface area contributed by atoms with E-state index in [0.717, 1.165) is 12.1 Å². The van der Waals surface area contributed by atoms with Gasteiger partial charge in [0.2, 0.25) is 0 Å². The number of halogens is 2. The van der Waals surface area contributed by atoms with Crippen molar-refractivity contribution in [3.8, 4) is 0 Å². The van der Waals surface area contributed by atoms with E-state index in [0.29, 0.717) is 5.76 Å². The summed E-state index contributed by atoms with van der Waals surface area (Å²) in [4.78, 5) is -0.654. The second kappa shape index (κ2) is 4.71. The second-order valence-corrected chi connectivity index (χ2v) is 5.82. The lowest BCUT2D eigenvalue weighted by Gasteiger charge is -2.08. The molecule has 0 amide bonds. The van der Waals surface area contributed by atoms with E-state index < -0.39 is 20.7 Å². The molecule has 2 aromatic rings. The summed E-state index contributed by atoms with van der Waals surface area (Å²) in [6.45, 7) is 1.59. The van der Waals surface area contributed by atoms with Gasteiger partial charge in [0, 0.05) is 11.1 Å². The van der Waals surface area contributed by atoms with E-state index in [-0.39, 0.29) is 16.5 Å². The zero-order valence-electron chi connectivity index (χ0n) is 9.65. The fourth-order valence-electron chi connectivity index (χ4n) is 1.39. The normalized spacial score (nSPS) is 11.5. The van der Waals surface area contributed by atoms with Crippen LogP contribution in [0.15, 0.2) is 27.6 Å². The first-order valence-corrected chi connectivity index (χ1v) is 6.86. The Kier molecular flexibility index (Phi) is 3.38. The third-order valence-electron chi connectivity index (χ3n) is 2.19. The van der Waals surface area contributed by atoms with E-state index in [9.17, 15) is 12.8 Å². The number of nitrogen functional groups attached to an aromatic ring is 1. The van der Waals surface area contributed by atoms with Crippen molar-refractivity contribution >= 4 is 33.1 Å². The molecule has 1 aromatic heterocycles. The molecule has 0 bridgehead atoms. The maximum Gasteiger partial charge on any atom is 0.266 e. The van der Waals surface area contributed by atoms with Crippen molar-refractivity contribution in [1.82, 2.24) is 5.16 Å². The van der Waals surface area contributed by atoms with Crippen molar-refractivity contribution in [3.05, 3.63) is 34.8 Å². The van der Waals surface area contributed by atoms with Crippen LogP contribution in [0.1, 0.15) is 5.76 Å². The molecule has 0 radical (unpaired) electrons. The predicted molar refractivity (Wildman–Crippen MR) is 67.9 cm³/mol. The summed E-state index contributed by atoms with van der Waals surface area (Å²) in [6, 6.07) is 3.43. The highest BCUT2D eigenvalue weighted by molar-refractivity contribution is 7.92. The fourth-order valence-corrected chi connectivity index (χ4v) is 2.80. The molecule has 19 heavy (non-hydrogen) atoms. The molecule has 2 rings (SSSR count). The van der Waals surface area contributed by atoms with Gasteiger partial charge in [-0.15, -0.1) is 0 Å². The number of sulfonamides is 1. The van der Waals surface area contributed by atoms with Crippen molar-refractivity contribution in [3.63, 3.8) is 0 Å². The minimum atomic E-state index is -4.19. The summed E-state index contributed by atoms with van der Waals surface area (Å²) < 4.78 is 44.5. The Balaban J connectivity index is 2.45. The number of aryl methyl sites for hydroxylation is 1. The average Bonchev–Trinajstić information content (AvgIpc) is 2.68. The molecule has 0 fully saturated rings. The Morgan fingerprint density at radius 1 is 1.42 bits per heavy atom. The molecule has 0 atom stereocenters. The maximum absolute atomic E-state index is 13.7. The number of anilines is 2. The van der Waals surface area contributed by atoms with Crippen molar-refractivity contribution in [2.24, 2.45) is 0 Å². The van der Waals surface area contributed by atoms with Gasteiger partial charge in [-0.2, -0.15) is 0 Å². The summed E-state index contributed by atoms with van der Waals surface area (Å²) in [5.74, 6) is -0.726. The molecule has 0 spiro atoms. The third-order valence-corrected chi connectivity index (χ3v) is 3.76. The van der Waals surface area contributed by atoms with Crippen molar-refractivity contribution in [1.29, 1.82) is 0 Å². The molecule has 1 heterocycles. The molecule has 0 aliphatic carbocycles. The summed E-state index contributed by atoms with van der Waals surface area (Å²) in [5, 5.41) is 3.46. The number of hydrogen-bond donors (Lipinski definition) is 2. The molecule has 0 unspecified atom stereocenters. The maximum atomic E-state index is 13.7. The van der Waals surface area contributed by atoms with E-state index >= 15 is 0 Å². The van der Waals surface area contributed by atoms with Gasteiger partial charge in [0.05, 0.1) is 5.69 Å². The van der Waals surface area contributed by atoms with Crippen molar-refractivity contribution in [2.45, 2.75) is 11.8 Å². The van der Waals surface area contributed by atoms with Crippen molar-refractivity contribution < 1.29 is 17.3 Å². The van der Waals surface area contributed by atoms with Gasteiger partial charge in [-0.05, 0) is 19.1 Å². The van der Waals surface area contributed by atoms with E-state index in [2.05, 4.69) is 9.88 Å². The lowest BCUT2D eigenvalue weighted by molar-refractivity contribution is 0.400. The minimum absolute atomic E-state index is 0.00982. The van der Waals surface area contributed by atoms with E-state index in [1.165, 1.54) is 6.07 Å². The van der Waals surface area contributed by atoms with Gasteiger partial charge in [0.25, 0.3) is 10.0 Å². The monoisotopic (exact) mass is 305 g/mol. The van der Waals surface area contributed by atoms with E-state index in [1.54, 1.807) is 6.92 Å². The predicted octanol–water partition coefficient (Wildman–Crippen LogP) is 2.16. The fraction of sp³-hybridized carbons (Fsp3) is 0.100. The standard InChI is InChI=1S/C10H9ClFN3O3S/c1-5-2-9(14-18-5)15-19(16,17)8-4-6(11)3-7(13)10(8)12/h2-4H,13H2,1H3,(H,14,15). The van der Waals surface area contributed by atoms with Crippen LogP contribution in [-0.4, -0.2) is 13.6 Å². The van der Waals surface area contributed by atoms with Gasteiger partial charge >= 0.3 is 0 Å². The number of rotatable bonds is 3. The SMILES string of the molecule is Cc1cc(NS(=O)(=O)c2cc(Cl)cc(N)c2F)no1. The lowest BCUT2D eigenvalue weighted by atomic mass is 10.3. The molecule has 9 heteroatoms. The molecule has 0 saturated carbocycles. The number of aromatic nitrogens is 1. The molecule has 6 nitrogen and oxygen atoms in total. The summed E-state index contributed by atoms with van der Waals surface area (Å²) >= 11 is 5.66. The molecule has 0 aliphatic heterocycles. The first-order valence-electron chi connectivity index (χ1n) is 5.00. The number of nitrogens with zero attached hydrogens (tertiary/aromatic N) is 1. The van der Waals surface area contributed by atoms with Crippen LogP contribution in [0.4, 0.5) is 15.9 Å². The van der Waals surface area contributed by atoms with Crippen LogP contribution in [0.2, 0.25) is 5.02 Å². The largest absolute Gasteiger partial charge is 0.396 e. The number of nitrogens with two attached hydrogens (primary N) is 1. The lowest BCUT2D eigenvalue weighted by Crippen LogP contribution is -2.15. The molecule has 0 saturated heterocycles. The summed E-state index contributed by atoms with van der Waals surface area (Å²) in [5.41, 5.74) is 4.97. The molecule has 102 valence electrons. The quantitative estimate of drug-likeness (QED) is 0.847. The second-order valence-electron chi connectivity index (χ2n) is 3.74. The zero-order chi connectivity index (χ0) is 14.2. The molecule has 3 N–H and O–H groups in total. The topological polar surface area (TPSA) is 98.2 Å². The Morgan fingerprint density at radius 2 is 2.11 bits per heavy atom. The highest BCUT2D eigenvalue weighted by Crippen LogP contribution is 2.26. The van der Waals surface area contributed by atoms with Crippen LogP contribution in [0.3, 0.4) is 0 Å². The van der Waals surface area contributed by atoms with Crippen LogP contribution in [0, 0.1) is 12.7 Å². The summed E-state index contributed by atoms with van der Waals surface area (Å²) in [6.07, 6.45) is 0. The summed E-state index contributed by atoms with van der Waals surface area (Å²) in [7, 11) is -4.19. The van der Waals surface area contributed by atoms with E-state index in [1.807, 2.05) is 0 Å². The van der Waals surface area contributed by atoms with Gasteiger partial charge < -0.3 is 10.3 Å². The molecule has 1 aromatic carbocycles. The highest BCUT2D eigenvalue weighted by Gasteiger charge is 2.23. The van der Waals surface area contributed by atoms with Crippen LogP contribution in [0.5, 0.6) is 0 Å². The smallest absolute Gasteiger partial charge is 0.266 e. The Labute approximate surface area is 113 Å². The molecular formula is C10H9ClFN3O3S. The Hall–Kier alpha value is -1.80. The third kappa shape index (κ3) is 2.79. The van der Waals surface area contributed by atoms with E-state index in [4.69, 9.17) is 21.9 Å². The first kappa shape index (κ1) is 13.6. The van der Waals surface area contributed by atoms with Gasteiger partial charge in [0.15, 0.2) is 11.6 Å². The number of benzene rings is 1. The van der Waals surface area contributed by atoms with Gasteiger partial charge in [-0.1, -0.05) is 16.8 Å². The minimum Gasteiger partial charge on any atom is -0.396 e. The van der Waals surface area contributed by atoms with Crippen LogP contribution >= 0.6 is 11.6 Å². The van der Waals surface area contributed by atoms with Crippen molar-refractivity contribution in [2.75, 3.05) is 10.5 Å². The van der Waals surface area contributed by atoms with Gasteiger partial charge in [-0.3, -0.25) is 4.72 Å². The molecular weight excluding hydrogens is 297 g/mol. The van der Waals surface area contributed by atoms with Gasteiger partial charge in [0.1, 0.15) is 10.7 Å². The first-order chi connectivity index (χ1) is 8.79. The highest BCUT2D eigenvalue weighted by atomic mass is 35.5. The number of nitrogens with one attached hydrogen (secondary N) is 1. The van der Waals surface area contributed by atoms with Crippen LogP contribution < -0.4 is 10.5 Å². The molecule has 0 aliphatic rings. The Bertz CT molecular complexity index is 730. The average molecular weight is 306 g/mol. The zero-order valence-corrected chi connectivity index (χ0v) is 11.2. The Morgan fingerprint density at radius 3 is 2.68 bits per heavy atom.